The van der Waals surface area contributed by atoms with Crippen LogP contribution in [0.25, 0.3) is 10.8 Å². The van der Waals surface area contributed by atoms with E-state index in [0.717, 1.165) is 52.8 Å². The monoisotopic (exact) mass is 450 g/mol. The number of fused-ring (bicyclic) bond motifs is 1. The van der Waals surface area contributed by atoms with Gasteiger partial charge >= 0.3 is 6.18 Å². The third-order valence-electron chi connectivity index (χ3n) is 5.93. The Morgan fingerprint density at radius 3 is 2.36 bits per heavy atom. The molecule has 0 N–H and O–H groups in total. The molecule has 170 valence electrons. The number of nitrogens with zero attached hydrogens (tertiary/aromatic N) is 2. The number of unbranched alkanes of at least 4 members (excludes halogenated alkanes) is 1. The minimum Gasteiger partial charge on any atom is -0.327 e. The van der Waals surface area contributed by atoms with Crippen LogP contribution in [0.5, 0.6) is 0 Å². The lowest BCUT2D eigenvalue weighted by atomic mass is 9.99. The first-order chi connectivity index (χ1) is 15.8. The number of rotatable bonds is 7. The Morgan fingerprint density at radius 2 is 1.67 bits per heavy atom. The summed E-state index contributed by atoms with van der Waals surface area (Å²) in [5.74, 6) is 0.631. The minimum atomic E-state index is -4.37. The van der Waals surface area contributed by atoms with E-state index in [1.807, 2.05) is 54.0 Å². The number of ketones is 1. The molecular formula is C27H25F3N2O. The van der Waals surface area contributed by atoms with E-state index in [4.69, 9.17) is 4.98 Å². The number of benzene rings is 3. The van der Waals surface area contributed by atoms with E-state index in [1.165, 1.54) is 12.1 Å². The number of carbonyl (C=O) groups excluding carboxylic acids is 1. The highest BCUT2D eigenvalue weighted by molar-refractivity contribution is 6.16. The van der Waals surface area contributed by atoms with Crippen LogP contribution < -0.4 is 0 Å². The molecule has 0 aliphatic carbocycles. The Labute approximate surface area is 190 Å². The van der Waals surface area contributed by atoms with Gasteiger partial charge in [-0.2, -0.15) is 13.2 Å². The molecule has 0 saturated heterocycles. The fourth-order valence-electron chi connectivity index (χ4n) is 4.08. The number of aromatic nitrogens is 2. The van der Waals surface area contributed by atoms with Crippen molar-refractivity contribution in [1.29, 1.82) is 0 Å². The Morgan fingerprint density at radius 1 is 0.970 bits per heavy atom. The van der Waals surface area contributed by atoms with Gasteiger partial charge in [0.25, 0.3) is 0 Å². The Balaban J connectivity index is 1.72. The normalized spacial score (nSPS) is 11.8. The van der Waals surface area contributed by atoms with Gasteiger partial charge in [-0.1, -0.05) is 67.9 Å². The number of alkyl halides is 3. The number of imidazole rings is 1. The van der Waals surface area contributed by atoms with Crippen molar-refractivity contribution in [1.82, 2.24) is 9.55 Å². The quantitative estimate of drug-likeness (QED) is 0.285. The lowest BCUT2D eigenvalue weighted by Gasteiger charge is -2.12. The molecule has 3 nitrogen and oxygen atoms in total. The highest BCUT2D eigenvalue weighted by atomic mass is 19.4. The predicted molar refractivity (Wildman–Crippen MR) is 124 cm³/mol. The van der Waals surface area contributed by atoms with Crippen molar-refractivity contribution in [3.05, 3.63) is 101 Å². The molecule has 6 heteroatoms. The molecular weight excluding hydrogens is 425 g/mol. The molecule has 3 aromatic carbocycles. The molecule has 0 radical (unpaired) electrons. The average molecular weight is 451 g/mol. The van der Waals surface area contributed by atoms with Gasteiger partial charge in [0.2, 0.25) is 5.78 Å². The molecule has 0 amide bonds. The highest BCUT2D eigenvalue weighted by Gasteiger charge is 2.30. The molecule has 0 spiro atoms. The van der Waals surface area contributed by atoms with Crippen molar-refractivity contribution < 1.29 is 18.0 Å². The summed E-state index contributed by atoms with van der Waals surface area (Å²) in [7, 11) is 0. The molecule has 4 aromatic rings. The van der Waals surface area contributed by atoms with Crippen molar-refractivity contribution in [3.8, 4) is 0 Å². The number of halogens is 3. The van der Waals surface area contributed by atoms with Crippen LogP contribution in [0.3, 0.4) is 0 Å². The van der Waals surface area contributed by atoms with E-state index < -0.39 is 11.7 Å². The highest BCUT2D eigenvalue weighted by Crippen LogP contribution is 2.29. The van der Waals surface area contributed by atoms with E-state index >= 15 is 0 Å². The fraction of sp³-hybridized carbons (Fsp3) is 0.259. The number of hydrogen-bond acceptors (Lipinski definition) is 2. The summed E-state index contributed by atoms with van der Waals surface area (Å²) in [6.07, 6.45) is -1.79. The maximum atomic E-state index is 13.5. The molecule has 0 saturated carbocycles. The van der Waals surface area contributed by atoms with Gasteiger partial charge in [-0.25, -0.2) is 4.98 Å². The largest absolute Gasteiger partial charge is 0.416 e. The smallest absolute Gasteiger partial charge is 0.327 e. The van der Waals surface area contributed by atoms with E-state index in [2.05, 4.69) is 6.92 Å². The van der Waals surface area contributed by atoms with E-state index in [1.54, 1.807) is 0 Å². The molecule has 0 aliphatic heterocycles. The van der Waals surface area contributed by atoms with Crippen molar-refractivity contribution in [2.45, 2.75) is 45.8 Å². The molecule has 0 unspecified atom stereocenters. The number of hydrogen-bond donors (Lipinski definition) is 0. The summed E-state index contributed by atoms with van der Waals surface area (Å²) in [5.41, 5.74) is 1.76. The summed E-state index contributed by atoms with van der Waals surface area (Å²) < 4.78 is 40.7. The van der Waals surface area contributed by atoms with Gasteiger partial charge in [0.05, 0.1) is 5.56 Å². The van der Waals surface area contributed by atoms with Crippen LogP contribution in [0.4, 0.5) is 13.2 Å². The van der Waals surface area contributed by atoms with E-state index in [0.29, 0.717) is 24.2 Å². The molecule has 0 aliphatic rings. The van der Waals surface area contributed by atoms with Gasteiger partial charge in [-0.3, -0.25) is 4.79 Å². The molecule has 33 heavy (non-hydrogen) atoms. The number of aryl methyl sites for hydroxylation is 1. The van der Waals surface area contributed by atoms with Crippen LogP contribution in [0.2, 0.25) is 0 Å². The van der Waals surface area contributed by atoms with Crippen LogP contribution in [0.1, 0.15) is 58.5 Å². The summed E-state index contributed by atoms with van der Waals surface area (Å²) in [4.78, 5) is 18.2. The van der Waals surface area contributed by atoms with E-state index in [-0.39, 0.29) is 5.78 Å². The van der Waals surface area contributed by atoms with Crippen LogP contribution in [0, 0.1) is 6.92 Å². The lowest BCUT2D eigenvalue weighted by Crippen LogP contribution is -2.09. The van der Waals surface area contributed by atoms with Gasteiger partial charge in [-0.05, 0) is 41.8 Å². The van der Waals surface area contributed by atoms with Gasteiger partial charge in [0.1, 0.15) is 11.5 Å². The van der Waals surface area contributed by atoms with Gasteiger partial charge in [-0.15, -0.1) is 0 Å². The summed E-state index contributed by atoms with van der Waals surface area (Å²) in [6, 6.07) is 18.5. The van der Waals surface area contributed by atoms with Crippen LogP contribution >= 0.6 is 0 Å². The maximum Gasteiger partial charge on any atom is 0.416 e. The molecule has 4 rings (SSSR count). The molecule has 1 heterocycles. The fourth-order valence-corrected chi connectivity index (χ4v) is 4.08. The first-order valence-electron chi connectivity index (χ1n) is 11.0. The SMILES string of the molecule is CCCCc1nc(C(=O)c2cccc3ccccc23)c(C)n1Cc1ccc(C(F)(F)F)cc1. The van der Waals surface area contributed by atoms with Crippen molar-refractivity contribution in [2.24, 2.45) is 0 Å². The Kier molecular flexibility index (Phi) is 6.36. The summed E-state index contributed by atoms with van der Waals surface area (Å²) in [6.45, 7) is 4.29. The topological polar surface area (TPSA) is 34.9 Å². The third-order valence-corrected chi connectivity index (χ3v) is 5.93. The Hall–Kier alpha value is -3.41. The number of carbonyl (C=O) groups is 1. The standard InChI is InChI=1S/C27H25F3N2O/c1-3-4-12-24-31-25(26(33)23-11-7-9-20-8-5-6-10-22(20)23)18(2)32(24)17-19-13-15-21(16-14-19)27(28,29)30/h5-11,13-16H,3-4,12,17H2,1-2H3. The van der Waals surface area contributed by atoms with Gasteiger partial charge < -0.3 is 4.57 Å². The minimum absolute atomic E-state index is 0.145. The molecule has 0 bridgehead atoms. The van der Waals surface area contributed by atoms with Crippen LogP contribution in [-0.4, -0.2) is 15.3 Å². The molecule has 0 fully saturated rings. The zero-order valence-electron chi connectivity index (χ0n) is 18.6. The van der Waals surface area contributed by atoms with Gasteiger partial charge in [0.15, 0.2) is 0 Å². The average Bonchev–Trinajstić information content (AvgIpc) is 3.11. The van der Waals surface area contributed by atoms with Crippen LogP contribution in [0.15, 0.2) is 66.7 Å². The second kappa shape index (κ2) is 9.22. The second-order valence-corrected chi connectivity index (χ2v) is 8.20. The summed E-state index contributed by atoms with van der Waals surface area (Å²) in [5, 5.41) is 1.85. The lowest BCUT2D eigenvalue weighted by molar-refractivity contribution is -0.137. The summed E-state index contributed by atoms with van der Waals surface area (Å²) >= 11 is 0. The van der Waals surface area contributed by atoms with Crippen molar-refractivity contribution >= 4 is 16.6 Å². The molecule has 0 atom stereocenters. The first kappa shape index (κ1) is 22.8. The predicted octanol–water partition coefficient (Wildman–Crippen LogP) is 6.99. The molecule has 1 aromatic heterocycles. The zero-order chi connectivity index (χ0) is 23.6. The van der Waals surface area contributed by atoms with Crippen molar-refractivity contribution in [3.63, 3.8) is 0 Å². The van der Waals surface area contributed by atoms with Crippen molar-refractivity contribution in [2.75, 3.05) is 0 Å². The third kappa shape index (κ3) is 4.70. The van der Waals surface area contributed by atoms with Gasteiger partial charge in [0, 0.05) is 24.2 Å². The first-order valence-corrected chi connectivity index (χ1v) is 11.0. The zero-order valence-corrected chi connectivity index (χ0v) is 18.6. The maximum absolute atomic E-state index is 13.5. The second-order valence-electron chi connectivity index (χ2n) is 8.20. The van der Waals surface area contributed by atoms with E-state index in [9.17, 15) is 18.0 Å². The van der Waals surface area contributed by atoms with Crippen LogP contribution in [-0.2, 0) is 19.1 Å². The Bertz CT molecular complexity index is 1280.